The molecule has 0 bridgehead atoms. The molecular formula is C12H19N3O2S. The summed E-state index contributed by atoms with van der Waals surface area (Å²) in [6.07, 6.45) is 1.51. The molecule has 2 rings (SSSR count). The molecule has 1 aliphatic heterocycles. The number of benzene rings is 1. The van der Waals surface area contributed by atoms with Gasteiger partial charge in [-0.1, -0.05) is 13.0 Å². The quantitative estimate of drug-likeness (QED) is 0.806. The third-order valence-corrected chi connectivity index (χ3v) is 4.67. The Balaban J connectivity index is 2.34. The van der Waals surface area contributed by atoms with E-state index in [2.05, 4.69) is 4.72 Å². The number of nitrogen functional groups attached to an aromatic ring is 1. The zero-order valence-electron chi connectivity index (χ0n) is 10.7. The van der Waals surface area contributed by atoms with Gasteiger partial charge in [0.2, 0.25) is 0 Å². The minimum absolute atomic E-state index is 0.454. The van der Waals surface area contributed by atoms with E-state index in [1.54, 1.807) is 6.07 Å². The lowest BCUT2D eigenvalue weighted by Gasteiger charge is -2.20. The molecule has 100 valence electrons. The molecule has 1 heterocycles. The maximum Gasteiger partial charge on any atom is 0.301 e. The molecule has 18 heavy (non-hydrogen) atoms. The van der Waals surface area contributed by atoms with Crippen molar-refractivity contribution in [3.8, 4) is 0 Å². The first-order valence-corrected chi connectivity index (χ1v) is 7.56. The number of nitrogens with two attached hydrogens (primary N) is 1. The summed E-state index contributed by atoms with van der Waals surface area (Å²) in [4.78, 5) is 0. The van der Waals surface area contributed by atoms with E-state index in [-0.39, 0.29) is 0 Å². The number of fused-ring (bicyclic) bond motifs is 1. The first-order chi connectivity index (χ1) is 8.45. The molecule has 0 amide bonds. The van der Waals surface area contributed by atoms with E-state index >= 15 is 0 Å². The second-order valence-corrected chi connectivity index (χ2v) is 6.24. The van der Waals surface area contributed by atoms with Crippen LogP contribution < -0.4 is 14.8 Å². The van der Waals surface area contributed by atoms with Crippen molar-refractivity contribution in [2.24, 2.45) is 0 Å². The second-order valence-electron chi connectivity index (χ2n) is 4.56. The molecule has 1 aliphatic rings. The average Bonchev–Trinajstić information content (AvgIpc) is 2.71. The lowest BCUT2D eigenvalue weighted by molar-refractivity contribution is 0.577. The topological polar surface area (TPSA) is 75.4 Å². The van der Waals surface area contributed by atoms with Crippen LogP contribution in [0.3, 0.4) is 0 Å². The van der Waals surface area contributed by atoms with Gasteiger partial charge in [0.25, 0.3) is 0 Å². The summed E-state index contributed by atoms with van der Waals surface area (Å²) in [7, 11) is -3.44. The lowest BCUT2D eigenvalue weighted by Crippen LogP contribution is -2.40. The minimum atomic E-state index is -3.44. The molecule has 0 spiro atoms. The summed E-state index contributed by atoms with van der Waals surface area (Å²) < 4.78 is 28.2. The number of nitrogens with one attached hydrogen (secondary N) is 1. The van der Waals surface area contributed by atoms with Crippen LogP contribution in [0.2, 0.25) is 0 Å². The molecule has 1 aromatic rings. The average molecular weight is 269 g/mol. The van der Waals surface area contributed by atoms with Crippen LogP contribution in [0.5, 0.6) is 0 Å². The van der Waals surface area contributed by atoms with Gasteiger partial charge in [-0.2, -0.15) is 13.1 Å². The number of aryl methyl sites for hydroxylation is 1. The number of anilines is 2. The first-order valence-electron chi connectivity index (χ1n) is 6.12. The molecule has 0 saturated carbocycles. The van der Waals surface area contributed by atoms with Gasteiger partial charge in [-0.15, -0.1) is 0 Å². The maximum atomic E-state index is 12.1. The zero-order valence-corrected chi connectivity index (χ0v) is 11.5. The van der Waals surface area contributed by atoms with Crippen molar-refractivity contribution < 1.29 is 8.42 Å². The molecule has 0 fully saturated rings. The Kier molecular flexibility index (Phi) is 3.49. The summed E-state index contributed by atoms with van der Waals surface area (Å²) in [6.45, 7) is 4.80. The Labute approximate surface area is 108 Å². The fourth-order valence-electron chi connectivity index (χ4n) is 2.11. The highest BCUT2D eigenvalue weighted by Crippen LogP contribution is 2.33. The molecule has 0 atom stereocenters. The Morgan fingerprint density at radius 2 is 2.17 bits per heavy atom. The molecule has 0 radical (unpaired) electrons. The van der Waals surface area contributed by atoms with Crippen molar-refractivity contribution in [3.63, 3.8) is 0 Å². The van der Waals surface area contributed by atoms with Crippen LogP contribution >= 0.6 is 0 Å². The van der Waals surface area contributed by atoms with E-state index in [4.69, 9.17) is 5.73 Å². The molecule has 0 aliphatic carbocycles. The Morgan fingerprint density at radius 3 is 2.83 bits per heavy atom. The standard InChI is InChI=1S/C12H19N3O2S/c1-3-5-14-18(16,17)15-6-4-10-7-9(2)11(13)8-12(10)15/h7-8,14H,3-6,13H2,1-2H3. The Bertz CT molecular complexity index is 555. The van der Waals surface area contributed by atoms with E-state index in [0.29, 0.717) is 24.5 Å². The van der Waals surface area contributed by atoms with E-state index in [1.807, 2.05) is 19.9 Å². The van der Waals surface area contributed by atoms with Gasteiger partial charge in [-0.25, -0.2) is 0 Å². The summed E-state index contributed by atoms with van der Waals surface area (Å²) in [5, 5.41) is 0. The van der Waals surface area contributed by atoms with Gasteiger partial charge < -0.3 is 5.73 Å². The van der Waals surface area contributed by atoms with Crippen molar-refractivity contribution in [2.45, 2.75) is 26.7 Å². The van der Waals surface area contributed by atoms with Crippen molar-refractivity contribution >= 4 is 21.6 Å². The first kappa shape index (κ1) is 13.2. The van der Waals surface area contributed by atoms with E-state index in [9.17, 15) is 8.42 Å². The highest BCUT2D eigenvalue weighted by atomic mass is 32.2. The molecule has 0 saturated heterocycles. The zero-order chi connectivity index (χ0) is 13.3. The van der Waals surface area contributed by atoms with Crippen molar-refractivity contribution in [1.82, 2.24) is 4.72 Å². The monoisotopic (exact) mass is 269 g/mol. The number of rotatable bonds is 4. The summed E-state index contributed by atoms with van der Waals surface area (Å²) in [5.41, 5.74) is 9.24. The molecule has 0 aromatic heterocycles. The van der Waals surface area contributed by atoms with E-state index in [0.717, 1.165) is 24.0 Å². The van der Waals surface area contributed by atoms with Gasteiger partial charge >= 0.3 is 10.2 Å². The van der Waals surface area contributed by atoms with Crippen LogP contribution in [0.4, 0.5) is 11.4 Å². The molecule has 6 heteroatoms. The van der Waals surface area contributed by atoms with Crippen LogP contribution in [0.15, 0.2) is 12.1 Å². The minimum Gasteiger partial charge on any atom is -0.398 e. The van der Waals surface area contributed by atoms with Gasteiger partial charge in [-0.3, -0.25) is 4.31 Å². The van der Waals surface area contributed by atoms with Crippen LogP contribution in [-0.4, -0.2) is 21.5 Å². The molecule has 3 N–H and O–H groups in total. The predicted octanol–water partition coefficient (Wildman–Crippen LogP) is 1.18. The smallest absolute Gasteiger partial charge is 0.301 e. The van der Waals surface area contributed by atoms with Gasteiger partial charge in [0.15, 0.2) is 0 Å². The van der Waals surface area contributed by atoms with Gasteiger partial charge in [0, 0.05) is 18.8 Å². The molecular weight excluding hydrogens is 250 g/mol. The number of nitrogens with zero attached hydrogens (tertiary/aromatic N) is 1. The van der Waals surface area contributed by atoms with Crippen LogP contribution in [-0.2, 0) is 16.6 Å². The van der Waals surface area contributed by atoms with Crippen molar-refractivity contribution in [3.05, 3.63) is 23.3 Å². The van der Waals surface area contributed by atoms with Gasteiger partial charge in [0.1, 0.15) is 0 Å². The number of hydrogen-bond donors (Lipinski definition) is 2. The summed E-state index contributed by atoms with van der Waals surface area (Å²) >= 11 is 0. The predicted molar refractivity (Wildman–Crippen MR) is 73.9 cm³/mol. The summed E-state index contributed by atoms with van der Waals surface area (Å²) in [6, 6.07) is 3.73. The third kappa shape index (κ3) is 2.30. The molecule has 5 nitrogen and oxygen atoms in total. The van der Waals surface area contributed by atoms with Crippen LogP contribution in [0, 0.1) is 6.92 Å². The fourth-order valence-corrected chi connectivity index (χ4v) is 3.48. The van der Waals surface area contributed by atoms with Crippen molar-refractivity contribution in [2.75, 3.05) is 23.1 Å². The Hall–Kier alpha value is -1.27. The van der Waals surface area contributed by atoms with Gasteiger partial charge in [0.05, 0.1) is 5.69 Å². The Morgan fingerprint density at radius 1 is 1.44 bits per heavy atom. The highest BCUT2D eigenvalue weighted by Gasteiger charge is 2.29. The molecule has 0 unspecified atom stereocenters. The van der Waals surface area contributed by atoms with Crippen molar-refractivity contribution in [1.29, 1.82) is 0 Å². The second kappa shape index (κ2) is 4.78. The van der Waals surface area contributed by atoms with Crippen LogP contribution in [0.25, 0.3) is 0 Å². The van der Waals surface area contributed by atoms with E-state index < -0.39 is 10.2 Å². The van der Waals surface area contributed by atoms with E-state index in [1.165, 1.54) is 4.31 Å². The lowest BCUT2D eigenvalue weighted by atomic mass is 10.1. The fraction of sp³-hybridized carbons (Fsp3) is 0.500. The third-order valence-electron chi connectivity index (χ3n) is 3.14. The normalized spacial score (nSPS) is 14.9. The molecule has 1 aromatic carbocycles. The number of hydrogen-bond acceptors (Lipinski definition) is 3. The SMILES string of the molecule is CCCNS(=O)(=O)N1CCc2cc(C)c(N)cc21. The summed E-state index contributed by atoms with van der Waals surface area (Å²) in [5.74, 6) is 0. The largest absolute Gasteiger partial charge is 0.398 e. The highest BCUT2D eigenvalue weighted by molar-refractivity contribution is 7.90. The van der Waals surface area contributed by atoms with Gasteiger partial charge in [-0.05, 0) is 37.0 Å². The van der Waals surface area contributed by atoms with Crippen LogP contribution in [0.1, 0.15) is 24.5 Å². The maximum absolute atomic E-state index is 12.1.